The summed E-state index contributed by atoms with van der Waals surface area (Å²) < 4.78 is 0. The van der Waals surface area contributed by atoms with E-state index in [1.165, 1.54) is 32.2 Å². The van der Waals surface area contributed by atoms with Crippen LogP contribution in [0.5, 0.6) is 0 Å². The summed E-state index contributed by atoms with van der Waals surface area (Å²) in [5.74, 6) is 1.86. The van der Waals surface area contributed by atoms with Gasteiger partial charge in [0.2, 0.25) is 0 Å². The Bertz CT molecular complexity index is 185. The standard InChI is InChI=1S/C11H22N2/c1-11(8-12,10-5-6-10)13(2)7-9-3-4-9/h9-10H,3-8,12H2,1-2H3. The van der Waals surface area contributed by atoms with Crippen molar-refractivity contribution in [3.63, 3.8) is 0 Å². The van der Waals surface area contributed by atoms with Crippen LogP contribution in [-0.4, -0.2) is 30.6 Å². The lowest BCUT2D eigenvalue weighted by atomic mass is 9.94. The summed E-state index contributed by atoms with van der Waals surface area (Å²) >= 11 is 0. The van der Waals surface area contributed by atoms with Gasteiger partial charge in [0.25, 0.3) is 0 Å². The maximum Gasteiger partial charge on any atom is 0.0328 e. The fraction of sp³-hybridized carbons (Fsp3) is 1.00. The van der Waals surface area contributed by atoms with Crippen molar-refractivity contribution in [3.05, 3.63) is 0 Å². The van der Waals surface area contributed by atoms with E-state index in [0.29, 0.717) is 5.54 Å². The Morgan fingerprint density at radius 1 is 1.31 bits per heavy atom. The minimum Gasteiger partial charge on any atom is -0.329 e. The highest BCUT2D eigenvalue weighted by Gasteiger charge is 2.44. The molecule has 0 heterocycles. The van der Waals surface area contributed by atoms with Gasteiger partial charge < -0.3 is 5.73 Å². The van der Waals surface area contributed by atoms with Gasteiger partial charge in [-0.25, -0.2) is 0 Å². The lowest BCUT2D eigenvalue weighted by molar-refractivity contribution is 0.115. The first-order valence-corrected chi connectivity index (χ1v) is 5.58. The van der Waals surface area contributed by atoms with Gasteiger partial charge in [0.05, 0.1) is 0 Å². The van der Waals surface area contributed by atoms with Crippen LogP contribution in [0, 0.1) is 11.8 Å². The SMILES string of the molecule is CN(CC1CC1)C(C)(CN)C1CC1. The largest absolute Gasteiger partial charge is 0.329 e. The van der Waals surface area contributed by atoms with Crippen molar-refractivity contribution < 1.29 is 0 Å². The molecule has 1 atom stereocenters. The van der Waals surface area contributed by atoms with Gasteiger partial charge in [-0.05, 0) is 51.5 Å². The van der Waals surface area contributed by atoms with Gasteiger partial charge >= 0.3 is 0 Å². The maximum absolute atomic E-state index is 5.90. The number of hydrogen-bond acceptors (Lipinski definition) is 2. The van der Waals surface area contributed by atoms with Crippen LogP contribution in [0.3, 0.4) is 0 Å². The molecule has 2 heteroatoms. The highest BCUT2D eigenvalue weighted by molar-refractivity contribution is 5.00. The number of likely N-dealkylation sites (N-methyl/N-ethyl adjacent to an activating group) is 1. The first kappa shape index (κ1) is 9.47. The second kappa shape index (κ2) is 3.25. The van der Waals surface area contributed by atoms with Crippen LogP contribution in [0.25, 0.3) is 0 Å². The number of nitrogens with two attached hydrogens (primary N) is 1. The fourth-order valence-corrected chi connectivity index (χ4v) is 2.24. The van der Waals surface area contributed by atoms with Gasteiger partial charge in [-0.15, -0.1) is 0 Å². The van der Waals surface area contributed by atoms with Crippen molar-refractivity contribution in [2.24, 2.45) is 17.6 Å². The Hall–Kier alpha value is -0.0800. The number of hydrogen-bond donors (Lipinski definition) is 1. The van der Waals surface area contributed by atoms with Crippen molar-refractivity contribution in [2.75, 3.05) is 20.1 Å². The molecule has 0 aliphatic heterocycles. The normalized spacial score (nSPS) is 27.7. The van der Waals surface area contributed by atoms with Gasteiger partial charge in [0.15, 0.2) is 0 Å². The molecule has 2 nitrogen and oxygen atoms in total. The molecule has 2 aliphatic carbocycles. The molecule has 2 rings (SSSR count). The zero-order valence-electron chi connectivity index (χ0n) is 8.92. The van der Waals surface area contributed by atoms with Gasteiger partial charge in [0.1, 0.15) is 0 Å². The van der Waals surface area contributed by atoms with Gasteiger partial charge in [-0.3, -0.25) is 4.90 Å². The van der Waals surface area contributed by atoms with Crippen LogP contribution >= 0.6 is 0 Å². The van der Waals surface area contributed by atoms with Gasteiger partial charge in [0, 0.05) is 18.6 Å². The molecule has 2 aliphatic rings. The third kappa shape index (κ3) is 1.89. The van der Waals surface area contributed by atoms with Crippen LogP contribution in [0.4, 0.5) is 0 Å². The van der Waals surface area contributed by atoms with Crippen LogP contribution < -0.4 is 5.73 Å². The van der Waals surface area contributed by atoms with Crippen molar-refractivity contribution in [1.29, 1.82) is 0 Å². The van der Waals surface area contributed by atoms with E-state index in [0.717, 1.165) is 18.4 Å². The molecule has 76 valence electrons. The van der Waals surface area contributed by atoms with E-state index in [-0.39, 0.29) is 0 Å². The molecular formula is C11H22N2. The molecular weight excluding hydrogens is 160 g/mol. The Labute approximate surface area is 81.5 Å². The zero-order chi connectivity index (χ0) is 9.47. The van der Waals surface area contributed by atoms with E-state index in [1.54, 1.807) is 0 Å². The second-order valence-corrected chi connectivity index (χ2v) is 5.16. The van der Waals surface area contributed by atoms with Crippen LogP contribution in [-0.2, 0) is 0 Å². The Balaban J connectivity index is 1.92. The zero-order valence-corrected chi connectivity index (χ0v) is 8.92. The minimum atomic E-state index is 0.294. The first-order valence-electron chi connectivity index (χ1n) is 5.58. The third-order valence-electron chi connectivity index (χ3n) is 3.97. The van der Waals surface area contributed by atoms with Crippen molar-refractivity contribution in [2.45, 2.75) is 38.1 Å². The molecule has 0 aromatic carbocycles. The highest BCUT2D eigenvalue weighted by Crippen LogP contribution is 2.43. The highest BCUT2D eigenvalue weighted by atomic mass is 15.2. The Morgan fingerprint density at radius 3 is 2.31 bits per heavy atom. The Kier molecular flexibility index (Phi) is 2.37. The summed E-state index contributed by atoms with van der Waals surface area (Å²) in [5.41, 5.74) is 6.20. The van der Waals surface area contributed by atoms with Gasteiger partial charge in [-0.1, -0.05) is 0 Å². The summed E-state index contributed by atoms with van der Waals surface area (Å²) in [4.78, 5) is 2.52. The predicted molar refractivity (Wildman–Crippen MR) is 55.5 cm³/mol. The van der Waals surface area contributed by atoms with Gasteiger partial charge in [-0.2, -0.15) is 0 Å². The monoisotopic (exact) mass is 182 g/mol. The molecule has 13 heavy (non-hydrogen) atoms. The molecule has 2 fully saturated rings. The molecule has 2 N–H and O–H groups in total. The summed E-state index contributed by atoms with van der Waals surface area (Å²) in [5, 5.41) is 0. The van der Waals surface area contributed by atoms with Crippen LogP contribution in [0.2, 0.25) is 0 Å². The van der Waals surface area contributed by atoms with E-state index in [1.807, 2.05) is 0 Å². The maximum atomic E-state index is 5.90. The number of rotatable bonds is 5. The third-order valence-corrected chi connectivity index (χ3v) is 3.97. The summed E-state index contributed by atoms with van der Waals surface area (Å²) in [7, 11) is 2.25. The summed E-state index contributed by atoms with van der Waals surface area (Å²) in [6.45, 7) is 4.43. The fourth-order valence-electron chi connectivity index (χ4n) is 2.24. The minimum absolute atomic E-state index is 0.294. The molecule has 0 saturated heterocycles. The lowest BCUT2D eigenvalue weighted by Crippen LogP contribution is -2.52. The van der Waals surface area contributed by atoms with Crippen LogP contribution in [0.15, 0.2) is 0 Å². The van der Waals surface area contributed by atoms with Crippen molar-refractivity contribution in [3.8, 4) is 0 Å². The lowest BCUT2D eigenvalue weighted by Gasteiger charge is -2.38. The summed E-state index contributed by atoms with van der Waals surface area (Å²) in [6, 6.07) is 0. The molecule has 0 aromatic heterocycles. The smallest absolute Gasteiger partial charge is 0.0328 e. The topological polar surface area (TPSA) is 29.3 Å². The first-order chi connectivity index (χ1) is 6.16. The summed E-state index contributed by atoms with van der Waals surface area (Å²) in [6.07, 6.45) is 5.66. The molecule has 0 radical (unpaired) electrons. The van der Waals surface area contributed by atoms with E-state index in [2.05, 4.69) is 18.9 Å². The van der Waals surface area contributed by atoms with Crippen LogP contribution in [0.1, 0.15) is 32.6 Å². The molecule has 0 bridgehead atoms. The molecule has 1 unspecified atom stereocenters. The average Bonchev–Trinajstić information content (AvgIpc) is 2.93. The molecule has 0 amide bonds. The predicted octanol–water partition coefficient (Wildman–Crippen LogP) is 1.46. The quantitative estimate of drug-likeness (QED) is 0.697. The molecule has 2 saturated carbocycles. The van der Waals surface area contributed by atoms with E-state index in [4.69, 9.17) is 5.73 Å². The van der Waals surface area contributed by atoms with E-state index < -0.39 is 0 Å². The second-order valence-electron chi connectivity index (χ2n) is 5.16. The van der Waals surface area contributed by atoms with E-state index >= 15 is 0 Å². The average molecular weight is 182 g/mol. The van der Waals surface area contributed by atoms with E-state index in [9.17, 15) is 0 Å². The number of nitrogens with zero attached hydrogens (tertiary/aromatic N) is 1. The van der Waals surface area contributed by atoms with Crippen molar-refractivity contribution >= 4 is 0 Å². The Morgan fingerprint density at radius 2 is 1.92 bits per heavy atom. The van der Waals surface area contributed by atoms with Crippen molar-refractivity contribution in [1.82, 2.24) is 4.90 Å². The molecule has 0 aromatic rings. The molecule has 0 spiro atoms.